The number of hydrogen-bond acceptors (Lipinski definition) is 2. The molecule has 1 unspecified atom stereocenters. The Morgan fingerprint density at radius 3 is 2.45 bits per heavy atom. The van der Waals surface area contributed by atoms with Crippen molar-refractivity contribution in [2.24, 2.45) is 5.92 Å². The molecule has 1 aromatic heterocycles. The molecule has 0 spiro atoms. The van der Waals surface area contributed by atoms with E-state index in [9.17, 15) is 4.55 Å². The summed E-state index contributed by atoms with van der Waals surface area (Å²) in [6, 6.07) is 17.7. The van der Waals surface area contributed by atoms with Crippen molar-refractivity contribution in [2.75, 3.05) is 0 Å². The lowest BCUT2D eigenvalue weighted by molar-refractivity contribution is 0.520. The maximum Gasteiger partial charge on any atom is 0.168 e. The lowest BCUT2D eigenvalue weighted by atomic mass is 10.2. The second-order valence-electron chi connectivity index (χ2n) is 5.82. The number of nitrogens with zero attached hydrogens (tertiary/aromatic N) is 2. The minimum absolute atomic E-state index is 0.450. The highest BCUT2D eigenvalue weighted by Crippen LogP contribution is 2.22. The molecule has 3 aromatic rings. The van der Waals surface area contributed by atoms with Crippen molar-refractivity contribution in [1.82, 2.24) is 9.55 Å². The zero-order valence-electron chi connectivity index (χ0n) is 12.9. The third-order valence-electron chi connectivity index (χ3n) is 3.55. The van der Waals surface area contributed by atoms with Crippen molar-refractivity contribution in [3.63, 3.8) is 0 Å². The van der Waals surface area contributed by atoms with Crippen LogP contribution < -0.4 is 0 Å². The van der Waals surface area contributed by atoms with Crippen LogP contribution in [-0.2, 0) is 23.5 Å². The van der Waals surface area contributed by atoms with Crippen molar-refractivity contribution < 1.29 is 4.55 Å². The average molecular weight is 312 g/mol. The van der Waals surface area contributed by atoms with Crippen molar-refractivity contribution in [3.05, 3.63) is 60.4 Å². The van der Waals surface area contributed by atoms with Crippen LogP contribution in [0.15, 0.2) is 59.5 Å². The molecule has 2 aromatic carbocycles. The standard InChI is InChI=1S/C18H20N2OS/c1-14(2)12-20-17-11-7-6-10-16(17)19-18(20)13-22(21)15-8-4-3-5-9-15/h3-11,14H,12-13H2,1-2H3. The van der Waals surface area contributed by atoms with Crippen molar-refractivity contribution in [2.45, 2.75) is 31.0 Å². The fourth-order valence-corrected chi connectivity index (χ4v) is 3.66. The summed E-state index contributed by atoms with van der Waals surface area (Å²) in [6.45, 7) is 5.27. The molecule has 0 amide bonds. The van der Waals surface area contributed by atoms with E-state index in [1.165, 1.54) is 0 Å². The van der Waals surface area contributed by atoms with Crippen LogP contribution in [0, 0.1) is 5.92 Å². The molecular formula is C18H20N2OS. The van der Waals surface area contributed by atoms with E-state index in [-0.39, 0.29) is 0 Å². The van der Waals surface area contributed by atoms with E-state index < -0.39 is 11.2 Å². The third-order valence-corrected chi connectivity index (χ3v) is 4.87. The van der Waals surface area contributed by atoms with Gasteiger partial charge < -0.3 is 9.12 Å². The van der Waals surface area contributed by atoms with E-state index in [2.05, 4.69) is 24.5 Å². The van der Waals surface area contributed by atoms with Crippen LogP contribution in [0.5, 0.6) is 0 Å². The highest BCUT2D eigenvalue weighted by Gasteiger charge is 2.18. The van der Waals surface area contributed by atoms with Crippen molar-refractivity contribution in [1.29, 1.82) is 0 Å². The third kappa shape index (κ3) is 3.18. The first kappa shape index (κ1) is 15.1. The van der Waals surface area contributed by atoms with Crippen LogP contribution in [0.4, 0.5) is 0 Å². The van der Waals surface area contributed by atoms with E-state index in [0.29, 0.717) is 11.7 Å². The zero-order valence-corrected chi connectivity index (χ0v) is 13.7. The van der Waals surface area contributed by atoms with Crippen LogP contribution in [0.2, 0.25) is 0 Å². The number of rotatable bonds is 5. The van der Waals surface area contributed by atoms with Gasteiger partial charge in [-0.15, -0.1) is 0 Å². The molecule has 3 nitrogen and oxygen atoms in total. The van der Waals surface area contributed by atoms with Gasteiger partial charge in [0.1, 0.15) is 0 Å². The Balaban J connectivity index is 1.95. The second-order valence-corrected chi connectivity index (χ2v) is 7.28. The fraction of sp³-hybridized carbons (Fsp3) is 0.278. The molecule has 0 aliphatic heterocycles. The largest absolute Gasteiger partial charge is 0.611 e. The Hall–Kier alpha value is -1.78. The van der Waals surface area contributed by atoms with Gasteiger partial charge in [0.2, 0.25) is 0 Å². The van der Waals surface area contributed by atoms with E-state index in [1.54, 1.807) is 0 Å². The number of imidazole rings is 1. The quantitative estimate of drug-likeness (QED) is 0.668. The van der Waals surface area contributed by atoms with Gasteiger partial charge in [0.25, 0.3) is 0 Å². The van der Waals surface area contributed by atoms with Crippen LogP contribution in [0.3, 0.4) is 0 Å². The smallest absolute Gasteiger partial charge is 0.168 e. The van der Waals surface area contributed by atoms with Gasteiger partial charge in [-0.3, -0.25) is 0 Å². The van der Waals surface area contributed by atoms with Crippen LogP contribution in [0.25, 0.3) is 11.0 Å². The Kier molecular flexibility index (Phi) is 4.50. The first-order valence-corrected chi connectivity index (χ1v) is 8.84. The molecule has 0 saturated carbocycles. The number of benzene rings is 2. The van der Waals surface area contributed by atoms with E-state index >= 15 is 0 Å². The summed E-state index contributed by atoms with van der Waals surface area (Å²) in [5.74, 6) is 1.87. The van der Waals surface area contributed by atoms with E-state index in [4.69, 9.17) is 4.98 Å². The Bertz CT molecular complexity index is 752. The Morgan fingerprint density at radius 2 is 1.73 bits per heavy atom. The topological polar surface area (TPSA) is 40.9 Å². The fourth-order valence-electron chi connectivity index (χ4n) is 2.58. The molecule has 114 valence electrons. The normalized spacial score (nSPS) is 12.9. The Morgan fingerprint density at radius 1 is 1.05 bits per heavy atom. The van der Waals surface area contributed by atoms with Gasteiger partial charge in [0, 0.05) is 6.54 Å². The van der Waals surface area contributed by atoms with Gasteiger partial charge in [-0.05, 0) is 41.4 Å². The van der Waals surface area contributed by atoms with Gasteiger partial charge in [-0.25, -0.2) is 4.98 Å². The summed E-state index contributed by atoms with van der Waals surface area (Å²) in [5.41, 5.74) is 2.10. The highest BCUT2D eigenvalue weighted by molar-refractivity contribution is 7.90. The van der Waals surface area contributed by atoms with Crippen LogP contribution in [-0.4, -0.2) is 14.1 Å². The molecule has 0 saturated heterocycles. The summed E-state index contributed by atoms with van der Waals surface area (Å²) in [4.78, 5) is 5.55. The van der Waals surface area contributed by atoms with Gasteiger partial charge in [-0.1, -0.05) is 44.2 Å². The van der Waals surface area contributed by atoms with Gasteiger partial charge in [0.05, 0.1) is 11.0 Å². The monoisotopic (exact) mass is 312 g/mol. The summed E-state index contributed by atoms with van der Waals surface area (Å²) in [7, 11) is 0. The predicted octanol–water partition coefficient (Wildman–Crippen LogP) is 4.00. The molecule has 0 aliphatic rings. The molecule has 3 rings (SSSR count). The molecule has 1 atom stereocenters. The first-order chi connectivity index (χ1) is 10.6. The van der Waals surface area contributed by atoms with Crippen molar-refractivity contribution in [3.8, 4) is 0 Å². The van der Waals surface area contributed by atoms with Gasteiger partial charge in [0.15, 0.2) is 16.5 Å². The Labute approximate surface area is 134 Å². The van der Waals surface area contributed by atoms with Crippen molar-refractivity contribution >= 4 is 22.2 Å². The maximum atomic E-state index is 12.6. The number of fused-ring (bicyclic) bond motifs is 1. The first-order valence-electron chi connectivity index (χ1n) is 7.52. The lowest BCUT2D eigenvalue weighted by Crippen LogP contribution is -2.13. The minimum atomic E-state index is -1.07. The molecule has 4 heteroatoms. The van der Waals surface area contributed by atoms with E-state index in [0.717, 1.165) is 28.3 Å². The number of aromatic nitrogens is 2. The molecule has 22 heavy (non-hydrogen) atoms. The SMILES string of the molecule is CC(C)Cn1c(C[S+]([O-])c2ccccc2)nc2ccccc21. The molecular weight excluding hydrogens is 292 g/mol. The molecule has 1 heterocycles. The summed E-state index contributed by atoms with van der Waals surface area (Å²) >= 11 is -1.07. The molecule has 0 aliphatic carbocycles. The lowest BCUT2D eigenvalue weighted by Gasteiger charge is -2.14. The molecule has 0 radical (unpaired) electrons. The zero-order chi connectivity index (χ0) is 15.5. The average Bonchev–Trinajstić information content (AvgIpc) is 2.85. The predicted molar refractivity (Wildman–Crippen MR) is 91.1 cm³/mol. The summed E-state index contributed by atoms with van der Waals surface area (Å²) in [5, 5.41) is 0. The van der Waals surface area contributed by atoms with E-state index in [1.807, 2.05) is 48.5 Å². The maximum absolute atomic E-state index is 12.6. The highest BCUT2D eigenvalue weighted by atomic mass is 32.2. The molecule has 0 fully saturated rings. The number of para-hydroxylation sites is 2. The molecule has 0 N–H and O–H groups in total. The summed E-state index contributed by atoms with van der Waals surface area (Å²) in [6.07, 6.45) is 0. The second kappa shape index (κ2) is 6.55. The van der Waals surface area contributed by atoms with Crippen LogP contribution >= 0.6 is 0 Å². The minimum Gasteiger partial charge on any atom is -0.611 e. The molecule has 0 bridgehead atoms. The number of hydrogen-bond donors (Lipinski definition) is 0. The van der Waals surface area contributed by atoms with Crippen LogP contribution in [0.1, 0.15) is 19.7 Å². The van der Waals surface area contributed by atoms with Gasteiger partial charge in [-0.2, -0.15) is 0 Å². The van der Waals surface area contributed by atoms with Gasteiger partial charge >= 0.3 is 0 Å². The summed E-state index contributed by atoms with van der Waals surface area (Å²) < 4.78 is 14.8.